The summed E-state index contributed by atoms with van der Waals surface area (Å²) in [6.45, 7) is 5.15. The molecule has 1 aromatic carbocycles. The lowest BCUT2D eigenvalue weighted by Gasteiger charge is -2.34. The van der Waals surface area contributed by atoms with E-state index in [0.717, 1.165) is 23.3 Å². The van der Waals surface area contributed by atoms with E-state index in [-0.39, 0.29) is 0 Å². The third-order valence-corrected chi connectivity index (χ3v) is 6.79. The Hall–Kier alpha value is -2.22. The maximum Gasteiger partial charge on any atom is 0.243 e. The summed E-state index contributed by atoms with van der Waals surface area (Å²) in [6, 6.07) is 15.2. The Labute approximate surface area is 153 Å². The van der Waals surface area contributed by atoms with Gasteiger partial charge in [0.15, 0.2) is 0 Å². The molecule has 0 bridgehead atoms. The zero-order valence-electron chi connectivity index (χ0n) is 14.7. The van der Waals surface area contributed by atoms with Crippen LogP contribution in [0.25, 0.3) is 5.52 Å². The number of fused-ring (bicyclic) bond motifs is 1. The monoisotopic (exact) mass is 370 g/mol. The summed E-state index contributed by atoms with van der Waals surface area (Å²) < 4.78 is 29.1. The molecule has 3 heterocycles. The van der Waals surface area contributed by atoms with Gasteiger partial charge in [0.2, 0.25) is 10.0 Å². The Morgan fingerprint density at radius 2 is 1.69 bits per heavy atom. The van der Waals surface area contributed by atoms with Crippen molar-refractivity contribution in [3.05, 3.63) is 66.0 Å². The quantitative estimate of drug-likeness (QED) is 0.706. The van der Waals surface area contributed by atoms with Gasteiger partial charge in [-0.25, -0.2) is 12.9 Å². The van der Waals surface area contributed by atoms with Crippen molar-refractivity contribution in [1.29, 1.82) is 0 Å². The zero-order chi connectivity index (χ0) is 18.1. The summed E-state index contributed by atoms with van der Waals surface area (Å²) in [5.41, 5.74) is 3.24. The molecule has 0 radical (unpaired) electrons. The van der Waals surface area contributed by atoms with E-state index < -0.39 is 10.0 Å². The highest BCUT2D eigenvalue weighted by atomic mass is 32.2. The van der Waals surface area contributed by atoms with E-state index in [2.05, 4.69) is 16.1 Å². The molecule has 0 spiro atoms. The summed E-state index contributed by atoms with van der Waals surface area (Å²) in [5.74, 6) is 0. The first-order valence-electron chi connectivity index (χ1n) is 8.75. The molecular weight excluding hydrogens is 348 g/mol. The molecule has 0 unspecified atom stereocenters. The van der Waals surface area contributed by atoms with Crippen molar-refractivity contribution in [2.24, 2.45) is 0 Å². The van der Waals surface area contributed by atoms with Crippen LogP contribution in [0.4, 0.5) is 0 Å². The Balaban J connectivity index is 1.44. The van der Waals surface area contributed by atoms with Gasteiger partial charge in [0.1, 0.15) is 0 Å². The molecule has 26 heavy (non-hydrogen) atoms. The summed E-state index contributed by atoms with van der Waals surface area (Å²) in [4.78, 5) is 2.65. The number of hydrogen-bond acceptors (Lipinski definition) is 4. The van der Waals surface area contributed by atoms with Crippen LogP contribution in [0.2, 0.25) is 0 Å². The molecular formula is C19H22N4O2S. The van der Waals surface area contributed by atoms with Gasteiger partial charge >= 0.3 is 0 Å². The molecule has 6 nitrogen and oxygen atoms in total. The van der Waals surface area contributed by atoms with E-state index in [4.69, 9.17) is 0 Å². The third-order valence-electron chi connectivity index (χ3n) is 4.88. The molecule has 0 N–H and O–H groups in total. The summed E-state index contributed by atoms with van der Waals surface area (Å²) in [5, 5.41) is 4.37. The van der Waals surface area contributed by atoms with E-state index in [1.54, 1.807) is 22.6 Å². The minimum atomic E-state index is -3.41. The number of nitrogens with zero attached hydrogens (tertiary/aromatic N) is 4. The second-order valence-corrected chi connectivity index (χ2v) is 8.62. The van der Waals surface area contributed by atoms with E-state index >= 15 is 0 Å². The molecule has 1 saturated heterocycles. The molecule has 0 atom stereocenters. The van der Waals surface area contributed by atoms with Gasteiger partial charge in [0.05, 0.1) is 16.1 Å². The van der Waals surface area contributed by atoms with E-state index in [1.165, 1.54) is 0 Å². The van der Waals surface area contributed by atoms with Crippen LogP contribution in [-0.4, -0.2) is 53.4 Å². The van der Waals surface area contributed by atoms with E-state index in [9.17, 15) is 8.42 Å². The molecule has 7 heteroatoms. The van der Waals surface area contributed by atoms with Gasteiger partial charge in [-0.3, -0.25) is 4.90 Å². The maximum absolute atomic E-state index is 12.8. The second-order valence-electron chi connectivity index (χ2n) is 6.68. The molecule has 136 valence electrons. The van der Waals surface area contributed by atoms with Gasteiger partial charge in [-0.05, 0) is 37.3 Å². The van der Waals surface area contributed by atoms with Crippen molar-refractivity contribution in [2.45, 2.75) is 18.4 Å². The van der Waals surface area contributed by atoms with Crippen molar-refractivity contribution in [3.8, 4) is 0 Å². The number of sulfonamides is 1. The Morgan fingerprint density at radius 3 is 2.42 bits per heavy atom. The number of rotatable bonds is 4. The zero-order valence-corrected chi connectivity index (χ0v) is 15.6. The first kappa shape index (κ1) is 17.2. The fourth-order valence-electron chi connectivity index (χ4n) is 3.34. The molecule has 4 rings (SSSR count). The predicted octanol–water partition coefficient (Wildman–Crippen LogP) is 2.15. The molecule has 0 saturated carbocycles. The van der Waals surface area contributed by atoms with Gasteiger partial charge < -0.3 is 0 Å². The smallest absolute Gasteiger partial charge is 0.243 e. The summed E-state index contributed by atoms with van der Waals surface area (Å²) in [6.07, 6.45) is 1.80. The first-order chi connectivity index (χ1) is 12.5. The fraction of sp³-hybridized carbons (Fsp3) is 0.316. The Bertz CT molecular complexity index is 1000. The van der Waals surface area contributed by atoms with Crippen LogP contribution in [0.15, 0.2) is 59.6 Å². The summed E-state index contributed by atoms with van der Waals surface area (Å²) in [7, 11) is -3.41. The van der Waals surface area contributed by atoms with Crippen molar-refractivity contribution in [3.63, 3.8) is 0 Å². The molecule has 3 aromatic rings. The van der Waals surface area contributed by atoms with Crippen LogP contribution >= 0.6 is 0 Å². The van der Waals surface area contributed by atoms with Gasteiger partial charge in [0, 0.05) is 38.9 Å². The van der Waals surface area contributed by atoms with Gasteiger partial charge in [-0.15, -0.1) is 0 Å². The first-order valence-corrected chi connectivity index (χ1v) is 10.2. The number of benzene rings is 1. The number of aromatic nitrogens is 2. The normalized spacial score (nSPS) is 17.0. The molecule has 1 aliphatic rings. The molecule has 1 aliphatic heterocycles. The molecule has 0 amide bonds. The van der Waals surface area contributed by atoms with Crippen molar-refractivity contribution in [2.75, 3.05) is 26.2 Å². The van der Waals surface area contributed by atoms with Crippen molar-refractivity contribution < 1.29 is 8.42 Å². The van der Waals surface area contributed by atoms with E-state index in [0.29, 0.717) is 31.1 Å². The van der Waals surface area contributed by atoms with Crippen LogP contribution in [0, 0.1) is 6.92 Å². The highest BCUT2D eigenvalue weighted by Gasteiger charge is 2.28. The molecule has 2 aromatic heterocycles. The van der Waals surface area contributed by atoms with Crippen LogP contribution < -0.4 is 0 Å². The second kappa shape index (κ2) is 6.83. The molecule has 0 aliphatic carbocycles. The standard InChI is InChI=1S/C19H22N4O2S/c1-16-5-7-19(8-6-16)26(24,25)22-13-11-21(12-14-22)15-18-4-2-3-17-9-10-20-23(17)18/h2-10H,11-15H2,1H3. The SMILES string of the molecule is Cc1ccc(S(=O)(=O)N2CCN(Cc3cccc4ccnn34)CC2)cc1. The lowest BCUT2D eigenvalue weighted by molar-refractivity contribution is 0.179. The minimum Gasteiger partial charge on any atom is -0.295 e. The van der Waals surface area contributed by atoms with Crippen LogP contribution in [-0.2, 0) is 16.6 Å². The van der Waals surface area contributed by atoms with Crippen LogP contribution in [0.3, 0.4) is 0 Å². The van der Waals surface area contributed by atoms with Crippen LogP contribution in [0.5, 0.6) is 0 Å². The maximum atomic E-state index is 12.8. The van der Waals surface area contributed by atoms with E-state index in [1.807, 2.05) is 41.8 Å². The fourth-order valence-corrected chi connectivity index (χ4v) is 4.77. The highest BCUT2D eigenvalue weighted by Crippen LogP contribution is 2.19. The lowest BCUT2D eigenvalue weighted by atomic mass is 10.2. The number of hydrogen-bond donors (Lipinski definition) is 0. The van der Waals surface area contributed by atoms with Gasteiger partial charge in [0.25, 0.3) is 0 Å². The van der Waals surface area contributed by atoms with Gasteiger partial charge in [-0.1, -0.05) is 23.8 Å². The van der Waals surface area contributed by atoms with Crippen LogP contribution in [0.1, 0.15) is 11.3 Å². The summed E-state index contributed by atoms with van der Waals surface area (Å²) >= 11 is 0. The Kier molecular flexibility index (Phi) is 4.52. The number of piperazine rings is 1. The number of pyridine rings is 1. The largest absolute Gasteiger partial charge is 0.295 e. The lowest BCUT2D eigenvalue weighted by Crippen LogP contribution is -2.48. The average molecular weight is 370 g/mol. The Morgan fingerprint density at radius 1 is 0.962 bits per heavy atom. The minimum absolute atomic E-state index is 0.373. The predicted molar refractivity (Wildman–Crippen MR) is 100 cm³/mol. The highest BCUT2D eigenvalue weighted by molar-refractivity contribution is 7.89. The molecule has 1 fully saturated rings. The topological polar surface area (TPSA) is 57.9 Å². The average Bonchev–Trinajstić information content (AvgIpc) is 3.12. The van der Waals surface area contributed by atoms with Crippen molar-refractivity contribution in [1.82, 2.24) is 18.8 Å². The van der Waals surface area contributed by atoms with Crippen molar-refractivity contribution >= 4 is 15.5 Å². The third kappa shape index (κ3) is 3.25. The van der Waals surface area contributed by atoms with Gasteiger partial charge in [-0.2, -0.15) is 9.40 Å². The number of aryl methyl sites for hydroxylation is 1.